The first-order valence-corrected chi connectivity index (χ1v) is 10.8. The van der Waals surface area contributed by atoms with Crippen LogP contribution in [0.25, 0.3) is 22.3 Å². The highest BCUT2D eigenvalue weighted by Gasteiger charge is 2.37. The van der Waals surface area contributed by atoms with Crippen molar-refractivity contribution >= 4 is 40.3 Å². The second-order valence-corrected chi connectivity index (χ2v) is 8.47. The van der Waals surface area contributed by atoms with Crippen LogP contribution in [0.15, 0.2) is 74.4 Å². The van der Waals surface area contributed by atoms with Gasteiger partial charge in [-0.1, -0.05) is 30.3 Å². The van der Waals surface area contributed by atoms with Gasteiger partial charge in [-0.3, -0.25) is 4.79 Å². The first kappa shape index (κ1) is 19.4. The maximum absolute atomic E-state index is 12.6. The second-order valence-electron chi connectivity index (χ2n) is 7.41. The topological polar surface area (TPSA) is 79.8 Å². The quantitative estimate of drug-likeness (QED) is 0.444. The molecule has 1 aliphatic rings. The second kappa shape index (κ2) is 7.63. The minimum Gasteiger partial charge on any atom is -0.423 e. The van der Waals surface area contributed by atoms with Crippen molar-refractivity contribution in [3.8, 4) is 11.3 Å². The maximum Gasteiger partial charge on any atom is 0.347 e. The van der Waals surface area contributed by atoms with Crippen LogP contribution >= 0.6 is 11.8 Å². The van der Waals surface area contributed by atoms with Crippen molar-refractivity contribution in [2.45, 2.75) is 5.37 Å². The van der Waals surface area contributed by atoms with Gasteiger partial charge in [0, 0.05) is 25.2 Å². The summed E-state index contributed by atoms with van der Waals surface area (Å²) in [4.78, 5) is 33.0. The van der Waals surface area contributed by atoms with E-state index >= 15 is 0 Å². The number of benzene rings is 2. The maximum atomic E-state index is 12.6. The Morgan fingerprint density at radius 2 is 1.84 bits per heavy atom. The van der Waals surface area contributed by atoms with E-state index < -0.39 is 5.63 Å². The van der Waals surface area contributed by atoms with E-state index in [1.54, 1.807) is 23.1 Å². The molecule has 4 aromatic rings. The molecule has 2 aromatic carbocycles. The third-order valence-electron chi connectivity index (χ3n) is 5.17. The number of aromatic nitrogens is 1. The van der Waals surface area contributed by atoms with E-state index in [-0.39, 0.29) is 28.6 Å². The zero-order chi connectivity index (χ0) is 21.5. The molecule has 5 rings (SSSR count). The lowest BCUT2D eigenvalue weighted by atomic mass is 10.1. The lowest BCUT2D eigenvalue weighted by Crippen LogP contribution is -2.28. The van der Waals surface area contributed by atoms with Gasteiger partial charge in [0.1, 0.15) is 16.5 Å². The lowest BCUT2D eigenvalue weighted by Gasteiger charge is -2.21. The summed E-state index contributed by atoms with van der Waals surface area (Å²) in [6, 6.07) is 17.2. The van der Waals surface area contributed by atoms with Gasteiger partial charge in [-0.15, -0.1) is 11.8 Å². The fourth-order valence-electron chi connectivity index (χ4n) is 3.55. The monoisotopic (exact) mass is 433 g/mol. The molecule has 0 spiro atoms. The van der Waals surface area contributed by atoms with E-state index in [9.17, 15) is 9.59 Å². The van der Waals surface area contributed by atoms with Crippen LogP contribution in [-0.4, -0.2) is 30.7 Å². The Morgan fingerprint density at radius 3 is 2.61 bits per heavy atom. The summed E-state index contributed by atoms with van der Waals surface area (Å²) in [6.45, 7) is 0. The van der Waals surface area contributed by atoms with Crippen molar-refractivity contribution in [2.24, 2.45) is 0 Å². The Balaban J connectivity index is 1.50. The number of hydrogen-bond donors (Lipinski definition) is 0. The predicted octanol–water partition coefficient (Wildman–Crippen LogP) is 4.29. The van der Waals surface area contributed by atoms with Gasteiger partial charge in [-0.05, 0) is 29.8 Å². The third-order valence-corrected chi connectivity index (χ3v) is 6.38. The highest BCUT2D eigenvalue weighted by Crippen LogP contribution is 2.42. The standard InChI is InChI=1S/C23H19N3O4S/c1-25(2)16-9-7-14(8-10-16)21-26(20(27)13-31-21)23-24-12-19(30-23)17-11-15-5-3-4-6-18(15)29-22(17)28/h3-12,21H,13H2,1-2H3. The van der Waals surface area contributed by atoms with Crippen molar-refractivity contribution < 1.29 is 13.6 Å². The average molecular weight is 433 g/mol. The number of nitrogens with zero attached hydrogens (tertiary/aromatic N) is 3. The summed E-state index contributed by atoms with van der Waals surface area (Å²) in [7, 11) is 3.96. The highest BCUT2D eigenvalue weighted by molar-refractivity contribution is 8.00. The summed E-state index contributed by atoms with van der Waals surface area (Å²) >= 11 is 1.51. The van der Waals surface area contributed by atoms with Gasteiger partial charge in [0.05, 0.1) is 11.9 Å². The summed E-state index contributed by atoms with van der Waals surface area (Å²) < 4.78 is 11.3. The minimum absolute atomic E-state index is 0.0920. The number of carbonyl (C=O) groups is 1. The summed E-state index contributed by atoms with van der Waals surface area (Å²) in [5.41, 5.74) is 2.31. The summed E-state index contributed by atoms with van der Waals surface area (Å²) in [6.07, 6.45) is 1.46. The van der Waals surface area contributed by atoms with Crippen molar-refractivity contribution in [1.82, 2.24) is 4.98 Å². The Labute approximate surface area is 182 Å². The van der Waals surface area contributed by atoms with Crippen LogP contribution < -0.4 is 15.4 Å². The van der Waals surface area contributed by atoms with E-state index in [1.807, 2.05) is 55.4 Å². The van der Waals surface area contributed by atoms with Gasteiger partial charge in [-0.25, -0.2) is 14.7 Å². The molecule has 156 valence electrons. The molecular weight excluding hydrogens is 414 g/mol. The number of hydrogen-bond acceptors (Lipinski definition) is 7. The summed E-state index contributed by atoms with van der Waals surface area (Å²) in [5, 5.41) is 0.532. The Morgan fingerprint density at radius 1 is 1.06 bits per heavy atom. The predicted molar refractivity (Wildman–Crippen MR) is 121 cm³/mol. The zero-order valence-corrected chi connectivity index (χ0v) is 17.8. The molecule has 1 atom stereocenters. The molecule has 31 heavy (non-hydrogen) atoms. The molecule has 2 aromatic heterocycles. The molecule has 3 heterocycles. The van der Waals surface area contributed by atoms with E-state index in [0.29, 0.717) is 11.3 Å². The molecule has 0 saturated carbocycles. The number of fused-ring (bicyclic) bond motifs is 1. The first-order valence-electron chi connectivity index (χ1n) is 9.71. The number of rotatable bonds is 4. The molecule has 0 N–H and O–H groups in total. The highest BCUT2D eigenvalue weighted by atomic mass is 32.2. The van der Waals surface area contributed by atoms with Crippen molar-refractivity contribution in [2.75, 3.05) is 29.6 Å². The van der Waals surface area contributed by atoms with Crippen molar-refractivity contribution in [1.29, 1.82) is 0 Å². The molecule has 7 nitrogen and oxygen atoms in total. The number of oxazole rings is 1. The first-order chi connectivity index (χ1) is 15.0. The zero-order valence-electron chi connectivity index (χ0n) is 16.9. The van der Waals surface area contributed by atoms with Crippen LogP contribution in [0.5, 0.6) is 0 Å². The Hall–Kier alpha value is -3.52. The fourth-order valence-corrected chi connectivity index (χ4v) is 4.69. The van der Waals surface area contributed by atoms with Gasteiger partial charge in [0.15, 0.2) is 5.76 Å². The van der Waals surface area contributed by atoms with Crippen LogP contribution in [0.3, 0.4) is 0 Å². The van der Waals surface area contributed by atoms with Gasteiger partial charge in [0.2, 0.25) is 5.91 Å². The van der Waals surface area contributed by atoms with Crippen LogP contribution in [0.2, 0.25) is 0 Å². The van der Waals surface area contributed by atoms with E-state index in [0.717, 1.165) is 16.6 Å². The number of anilines is 2. The van der Waals surface area contributed by atoms with Gasteiger partial charge in [-0.2, -0.15) is 0 Å². The largest absolute Gasteiger partial charge is 0.423 e. The Kier molecular flexibility index (Phi) is 4.78. The van der Waals surface area contributed by atoms with Gasteiger partial charge in [0.25, 0.3) is 0 Å². The van der Waals surface area contributed by atoms with Crippen LogP contribution in [0.4, 0.5) is 11.7 Å². The fraction of sp³-hybridized carbons (Fsp3) is 0.174. The van der Waals surface area contributed by atoms with Crippen molar-refractivity contribution in [3.63, 3.8) is 0 Å². The van der Waals surface area contributed by atoms with E-state index in [2.05, 4.69) is 4.98 Å². The van der Waals surface area contributed by atoms with Crippen molar-refractivity contribution in [3.05, 3.63) is 76.8 Å². The molecule has 1 fully saturated rings. The average Bonchev–Trinajstić information content (AvgIpc) is 3.40. The minimum atomic E-state index is -0.514. The lowest BCUT2D eigenvalue weighted by molar-refractivity contribution is -0.116. The third kappa shape index (κ3) is 3.48. The van der Waals surface area contributed by atoms with Crippen LogP contribution in [-0.2, 0) is 4.79 Å². The number of amides is 1. The molecule has 1 saturated heterocycles. The smallest absolute Gasteiger partial charge is 0.347 e. The molecular formula is C23H19N3O4S. The molecule has 1 unspecified atom stereocenters. The molecule has 8 heteroatoms. The molecule has 0 bridgehead atoms. The van der Waals surface area contributed by atoms with Crippen LogP contribution in [0, 0.1) is 0 Å². The SMILES string of the molecule is CN(C)c1ccc(C2SCC(=O)N2c2ncc(-c3cc4ccccc4oc3=O)o2)cc1. The number of carbonyl (C=O) groups excluding carboxylic acids is 1. The number of para-hydroxylation sites is 1. The molecule has 1 aliphatic heterocycles. The summed E-state index contributed by atoms with van der Waals surface area (Å²) in [5.74, 6) is 0.502. The van der Waals surface area contributed by atoms with E-state index in [1.165, 1.54) is 18.0 Å². The molecule has 0 radical (unpaired) electrons. The van der Waals surface area contributed by atoms with Crippen LogP contribution in [0.1, 0.15) is 10.9 Å². The molecule has 1 amide bonds. The van der Waals surface area contributed by atoms with Gasteiger partial charge < -0.3 is 13.7 Å². The van der Waals surface area contributed by atoms with Gasteiger partial charge >= 0.3 is 11.6 Å². The number of thioether (sulfide) groups is 1. The normalized spacial score (nSPS) is 16.3. The van der Waals surface area contributed by atoms with E-state index in [4.69, 9.17) is 8.83 Å². The Bertz CT molecular complexity index is 1330. The molecule has 0 aliphatic carbocycles.